The normalized spacial score (nSPS) is 9.79. The first-order chi connectivity index (χ1) is 6.18. The van der Waals surface area contributed by atoms with E-state index in [1.165, 1.54) is 0 Å². The fourth-order valence-corrected chi connectivity index (χ4v) is 1.25. The van der Waals surface area contributed by atoms with Crippen molar-refractivity contribution in [3.05, 3.63) is 35.9 Å². The topological polar surface area (TPSA) is 54.6 Å². The van der Waals surface area contributed by atoms with Gasteiger partial charge in [0.1, 0.15) is 5.82 Å². The second kappa shape index (κ2) is 3.67. The molecule has 0 aliphatic rings. The fourth-order valence-electron chi connectivity index (χ4n) is 1.25. The molecule has 0 saturated heterocycles. The van der Waals surface area contributed by atoms with Crippen molar-refractivity contribution in [2.45, 2.75) is 6.92 Å². The average molecular weight is 213 g/mol. The summed E-state index contributed by atoms with van der Waals surface area (Å²) in [4.78, 5) is 14.7. The molecule has 74 valence electrons. The van der Waals surface area contributed by atoms with Crippen LogP contribution in [-0.2, 0) is 0 Å². The number of aromatic nitrogens is 2. The maximum absolute atomic E-state index is 10.6. The minimum absolute atomic E-state index is 0. The first-order valence-electron chi connectivity index (χ1n) is 3.85. The molecule has 0 amide bonds. The summed E-state index contributed by atoms with van der Waals surface area (Å²) in [5.41, 5.74) is 1.18. The number of pyridine rings is 1. The van der Waals surface area contributed by atoms with Crippen LogP contribution < -0.4 is 0 Å². The van der Waals surface area contributed by atoms with E-state index in [0.717, 1.165) is 11.3 Å². The second-order valence-corrected chi connectivity index (χ2v) is 2.82. The van der Waals surface area contributed by atoms with Gasteiger partial charge in [-0.1, -0.05) is 0 Å². The van der Waals surface area contributed by atoms with Crippen molar-refractivity contribution < 1.29 is 9.90 Å². The molecule has 0 radical (unpaired) electrons. The summed E-state index contributed by atoms with van der Waals surface area (Å²) in [5.74, 6) is -0.131. The molecule has 2 aromatic rings. The van der Waals surface area contributed by atoms with Crippen LogP contribution in [0.5, 0.6) is 0 Å². The van der Waals surface area contributed by atoms with E-state index < -0.39 is 5.97 Å². The number of carboxylic acids is 1. The summed E-state index contributed by atoms with van der Waals surface area (Å²) in [6, 6.07) is 3.31. The third-order valence-electron chi connectivity index (χ3n) is 1.96. The third kappa shape index (κ3) is 1.56. The summed E-state index contributed by atoms with van der Waals surface area (Å²) >= 11 is 0. The number of hydrogen-bond donors (Lipinski definition) is 1. The minimum Gasteiger partial charge on any atom is -0.478 e. The molecular weight excluding hydrogens is 204 g/mol. The van der Waals surface area contributed by atoms with Crippen LogP contribution in [0.15, 0.2) is 24.5 Å². The van der Waals surface area contributed by atoms with Crippen molar-refractivity contribution in [3.8, 4) is 0 Å². The maximum atomic E-state index is 10.6. The lowest BCUT2D eigenvalue weighted by molar-refractivity contribution is 0.0696. The molecule has 0 fully saturated rings. The van der Waals surface area contributed by atoms with Crippen LogP contribution in [0.1, 0.15) is 16.2 Å². The highest BCUT2D eigenvalue weighted by atomic mass is 35.5. The van der Waals surface area contributed by atoms with Crippen molar-refractivity contribution in [3.63, 3.8) is 0 Å². The van der Waals surface area contributed by atoms with Gasteiger partial charge in [0.05, 0.1) is 17.3 Å². The van der Waals surface area contributed by atoms with Crippen LogP contribution in [0.4, 0.5) is 0 Å². The first kappa shape index (κ1) is 10.5. The molecule has 2 aromatic heterocycles. The Kier molecular flexibility index (Phi) is 2.76. The summed E-state index contributed by atoms with van der Waals surface area (Å²) < 4.78 is 1.75. The largest absolute Gasteiger partial charge is 0.478 e. The Morgan fingerprint density at radius 2 is 2.21 bits per heavy atom. The van der Waals surface area contributed by atoms with Crippen molar-refractivity contribution in [1.29, 1.82) is 0 Å². The van der Waals surface area contributed by atoms with Gasteiger partial charge in [-0.15, -0.1) is 12.4 Å². The van der Waals surface area contributed by atoms with Crippen LogP contribution in [0, 0.1) is 6.92 Å². The molecule has 0 aliphatic carbocycles. The smallest absolute Gasteiger partial charge is 0.337 e. The predicted molar refractivity (Wildman–Crippen MR) is 54.1 cm³/mol. The SMILES string of the molecule is Cc1ncc2ccc(C(=O)O)cn12.Cl. The van der Waals surface area contributed by atoms with Gasteiger partial charge in [0, 0.05) is 6.20 Å². The third-order valence-corrected chi connectivity index (χ3v) is 1.96. The molecule has 2 rings (SSSR count). The Morgan fingerprint density at radius 3 is 2.86 bits per heavy atom. The lowest BCUT2D eigenvalue weighted by Crippen LogP contribution is -1.99. The molecule has 0 aliphatic heterocycles. The number of aryl methyl sites for hydroxylation is 1. The van der Waals surface area contributed by atoms with Gasteiger partial charge in [-0.25, -0.2) is 9.78 Å². The lowest BCUT2D eigenvalue weighted by Gasteiger charge is -1.97. The van der Waals surface area contributed by atoms with Crippen molar-refractivity contribution in [2.24, 2.45) is 0 Å². The van der Waals surface area contributed by atoms with Crippen LogP contribution in [-0.4, -0.2) is 20.5 Å². The summed E-state index contributed by atoms with van der Waals surface area (Å²) in [6.07, 6.45) is 3.28. The Bertz CT molecular complexity index is 479. The molecule has 0 aromatic carbocycles. The highest BCUT2D eigenvalue weighted by Crippen LogP contribution is 2.08. The van der Waals surface area contributed by atoms with Gasteiger partial charge in [0.25, 0.3) is 0 Å². The number of hydrogen-bond acceptors (Lipinski definition) is 2. The molecule has 2 heterocycles. The minimum atomic E-state index is -0.921. The maximum Gasteiger partial charge on any atom is 0.337 e. The standard InChI is InChI=1S/C9H8N2O2.ClH/c1-6-10-4-8-3-2-7(9(12)13)5-11(6)8;/h2-5H,1H3,(H,12,13);1H. The number of halogens is 1. The van der Waals surface area contributed by atoms with E-state index in [0.29, 0.717) is 0 Å². The second-order valence-electron chi connectivity index (χ2n) is 2.82. The monoisotopic (exact) mass is 212 g/mol. The fraction of sp³-hybridized carbons (Fsp3) is 0.111. The van der Waals surface area contributed by atoms with Crippen molar-refractivity contribution in [1.82, 2.24) is 9.38 Å². The van der Waals surface area contributed by atoms with Gasteiger partial charge in [0.15, 0.2) is 0 Å². The number of fused-ring (bicyclic) bond motifs is 1. The molecule has 14 heavy (non-hydrogen) atoms. The van der Waals surface area contributed by atoms with Gasteiger partial charge in [-0.3, -0.25) is 0 Å². The van der Waals surface area contributed by atoms with Gasteiger partial charge in [0.2, 0.25) is 0 Å². The Morgan fingerprint density at radius 1 is 1.50 bits per heavy atom. The van der Waals surface area contributed by atoms with E-state index in [2.05, 4.69) is 4.98 Å². The summed E-state index contributed by atoms with van der Waals surface area (Å²) in [6.45, 7) is 1.83. The zero-order chi connectivity index (χ0) is 9.42. The van der Waals surface area contributed by atoms with E-state index in [4.69, 9.17) is 5.11 Å². The predicted octanol–water partition coefficient (Wildman–Crippen LogP) is 1.76. The van der Waals surface area contributed by atoms with Crippen molar-refractivity contribution >= 4 is 23.9 Å². The Hall–Kier alpha value is -1.55. The molecule has 4 nitrogen and oxygen atoms in total. The van der Waals surface area contributed by atoms with Gasteiger partial charge < -0.3 is 9.51 Å². The number of carboxylic acid groups (broad SMARTS) is 1. The first-order valence-corrected chi connectivity index (χ1v) is 3.85. The summed E-state index contributed by atoms with van der Waals surface area (Å²) in [7, 11) is 0. The number of rotatable bonds is 1. The number of aromatic carboxylic acids is 1. The van der Waals surface area contributed by atoms with E-state index in [1.54, 1.807) is 28.9 Å². The van der Waals surface area contributed by atoms with Crippen LogP contribution in [0.2, 0.25) is 0 Å². The zero-order valence-corrected chi connectivity index (χ0v) is 8.28. The van der Waals surface area contributed by atoms with Gasteiger partial charge in [-0.05, 0) is 19.1 Å². The van der Waals surface area contributed by atoms with Crippen LogP contribution >= 0.6 is 12.4 Å². The highest BCUT2D eigenvalue weighted by molar-refractivity contribution is 5.87. The quantitative estimate of drug-likeness (QED) is 0.784. The molecule has 0 saturated carbocycles. The lowest BCUT2D eigenvalue weighted by atomic mass is 10.3. The van der Waals surface area contributed by atoms with E-state index >= 15 is 0 Å². The Labute approximate surface area is 86.6 Å². The average Bonchev–Trinajstić information content (AvgIpc) is 2.47. The van der Waals surface area contributed by atoms with Crippen LogP contribution in [0.25, 0.3) is 5.52 Å². The van der Waals surface area contributed by atoms with E-state index in [-0.39, 0.29) is 18.0 Å². The number of imidazole rings is 1. The van der Waals surface area contributed by atoms with E-state index in [9.17, 15) is 4.79 Å². The van der Waals surface area contributed by atoms with Crippen molar-refractivity contribution in [2.75, 3.05) is 0 Å². The molecule has 0 unspecified atom stereocenters. The summed E-state index contributed by atoms with van der Waals surface area (Å²) in [5, 5.41) is 8.74. The molecule has 0 bridgehead atoms. The molecular formula is C9H9ClN2O2. The molecule has 0 spiro atoms. The van der Waals surface area contributed by atoms with Gasteiger partial charge in [-0.2, -0.15) is 0 Å². The van der Waals surface area contributed by atoms with Crippen LogP contribution in [0.3, 0.4) is 0 Å². The Balaban J connectivity index is 0.000000980. The van der Waals surface area contributed by atoms with E-state index in [1.807, 2.05) is 6.92 Å². The molecule has 0 atom stereocenters. The molecule has 5 heteroatoms. The zero-order valence-electron chi connectivity index (χ0n) is 7.47. The number of carbonyl (C=O) groups is 1. The highest BCUT2D eigenvalue weighted by Gasteiger charge is 2.04. The number of nitrogens with zero attached hydrogens (tertiary/aromatic N) is 2. The van der Waals surface area contributed by atoms with Gasteiger partial charge >= 0.3 is 5.97 Å². The molecule has 1 N–H and O–H groups in total.